The van der Waals surface area contributed by atoms with E-state index in [9.17, 15) is 18.3 Å². The number of sulfonamides is 1. The van der Waals surface area contributed by atoms with Crippen molar-refractivity contribution in [3.8, 4) is 0 Å². The van der Waals surface area contributed by atoms with Gasteiger partial charge in [-0.25, -0.2) is 13.1 Å². The molecule has 0 amide bonds. The smallest absolute Gasteiger partial charge is 0.313 e. The summed E-state index contributed by atoms with van der Waals surface area (Å²) < 4.78 is 31.8. The molecule has 2 unspecified atom stereocenters. The molecule has 2 rings (SSSR count). The molecule has 2 N–H and O–H groups in total. The largest absolute Gasteiger partial charge is 0.481 e. The summed E-state index contributed by atoms with van der Waals surface area (Å²) >= 11 is 0. The number of carboxylic acid groups (broad SMARTS) is 1. The van der Waals surface area contributed by atoms with Crippen LogP contribution in [0.2, 0.25) is 0 Å². The molecule has 1 aliphatic rings. The Morgan fingerprint density at radius 1 is 1.45 bits per heavy atom. The minimum Gasteiger partial charge on any atom is -0.481 e. The highest BCUT2D eigenvalue weighted by Crippen LogP contribution is 2.29. The van der Waals surface area contributed by atoms with Gasteiger partial charge in [0, 0.05) is 0 Å². The van der Waals surface area contributed by atoms with Crippen LogP contribution in [0.15, 0.2) is 30.3 Å². The first-order valence-corrected chi connectivity index (χ1v) is 7.84. The number of hydrogen-bond acceptors (Lipinski definition) is 4. The van der Waals surface area contributed by atoms with Gasteiger partial charge >= 0.3 is 5.97 Å². The Balaban J connectivity index is 2.11. The highest BCUT2D eigenvalue weighted by atomic mass is 32.2. The summed E-state index contributed by atoms with van der Waals surface area (Å²) in [5.41, 5.74) is -0.583. The van der Waals surface area contributed by atoms with Gasteiger partial charge in [0.2, 0.25) is 10.0 Å². The molecule has 0 saturated carbocycles. The molecule has 1 saturated heterocycles. The monoisotopic (exact) mass is 299 g/mol. The van der Waals surface area contributed by atoms with E-state index in [1.165, 1.54) is 6.92 Å². The summed E-state index contributed by atoms with van der Waals surface area (Å²) in [4.78, 5) is 11.3. The molecule has 7 heteroatoms. The number of benzene rings is 1. The molecule has 0 aromatic heterocycles. The first-order valence-electron chi connectivity index (χ1n) is 6.18. The summed E-state index contributed by atoms with van der Waals surface area (Å²) in [7, 11) is -3.62. The maximum Gasteiger partial charge on any atom is 0.313 e. The Hall–Kier alpha value is -1.44. The maximum atomic E-state index is 12.1. The van der Waals surface area contributed by atoms with Crippen molar-refractivity contribution in [2.24, 2.45) is 5.41 Å². The van der Waals surface area contributed by atoms with E-state index in [1.807, 2.05) is 0 Å². The van der Waals surface area contributed by atoms with E-state index < -0.39 is 27.4 Å². The van der Waals surface area contributed by atoms with Crippen LogP contribution in [0, 0.1) is 5.41 Å². The third kappa shape index (κ3) is 3.17. The fourth-order valence-corrected chi connectivity index (χ4v) is 3.58. The van der Waals surface area contributed by atoms with E-state index in [0.29, 0.717) is 5.56 Å². The molecular weight excluding hydrogens is 282 g/mol. The molecule has 110 valence electrons. The third-order valence-corrected chi connectivity index (χ3v) is 4.82. The lowest BCUT2D eigenvalue weighted by Gasteiger charge is -2.25. The van der Waals surface area contributed by atoms with E-state index in [1.54, 1.807) is 30.3 Å². The molecule has 0 radical (unpaired) electrons. The summed E-state index contributed by atoms with van der Waals surface area (Å²) in [6, 6.07) is 7.97. The predicted molar refractivity (Wildman–Crippen MR) is 72.6 cm³/mol. The predicted octanol–water partition coefficient (Wildman–Crippen LogP) is 0.596. The molecule has 1 fully saturated rings. The number of rotatable bonds is 5. The number of carboxylic acids is 1. The molecule has 1 heterocycles. The van der Waals surface area contributed by atoms with E-state index in [-0.39, 0.29) is 19.0 Å². The average molecular weight is 299 g/mol. The lowest BCUT2D eigenvalue weighted by Crippen LogP contribution is -2.49. The standard InChI is InChI=1S/C13H17NO5S/c1-13(12(15)16)9-19-7-11(13)14-20(17,18)8-10-5-3-2-4-6-10/h2-6,11,14H,7-9H2,1H3,(H,15,16). The normalized spacial score (nSPS) is 26.6. The quantitative estimate of drug-likeness (QED) is 0.830. The number of nitrogens with one attached hydrogen (secondary N) is 1. The van der Waals surface area contributed by atoms with Crippen LogP contribution in [0.3, 0.4) is 0 Å². The molecule has 1 aromatic carbocycles. The van der Waals surface area contributed by atoms with Gasteiger partial charge in [-0.05, 0) is 12.5 Å². The van der Waals surface area contributed by atoms with Gasteiger partial charge in [-0.3, -0.25) is 4.79 Å². The lowest BCUT2D eigenvalue weighted by molar-refractivity contribution is -0.148. The molecular formula is C13H17NO5S. The molecule has 0 aliphatic carbocycles. The van der Waals surface area contributed by atoms with E-state index in [2.05, 4.69) is 4.72 Å². The van der Waals surface area contributed by atoms with E-state index in [0.717, 1.165) is 0 Å². The van der Waals surface area contributed by atoms with Gasteiger partial charge in [0.15, 0.2) is 0 Å². The van der Waals surface area contributed by atoms with Crippen LogP contribution in [0.1, 0.15) is 12.5 Å². The molecule has 6 nitrogen and oxygen atoms in total. The topological polar surface area (TPSA) is 92.7 Å². The Morgan fingerprint density at radius 2 is 2.10 bits per heavy atom. The number of aliphatic carboxylic acids is 1. The molecule has 1 aromatic rings. The fraction of sp³-hybridized carbons (Fsp3) is 0.462. The molecule has 2 atom stereocenters. The van der Waals surface area contributed by atoms with Gasteiger partial charge in [0.1, 0.15) is 5.41 Å². The van der Waals surface area contributed by atoms with Crippen molar-refractivity contribution in [2.45, 2.75) is 18.7 Å². The van der Waals surface area contributed by atoms with Gasteiger partial charge in [0.05, 0.1) is 25.0 Å². The Bertz CT molecular complexity index is 586. The zero-order chi connectivity index (χ0) is 14.8. The zero-order valence-electron chi connectivity index (χ0n) is 11.1. The van der Waals surface area contributed by atoms with Crippen LogP contribution in [-0.4, -0.2) is 38.7 Å². The van der Waals surface area contributed by atoms with Gasteiger partial charge in [-0.1, -0.05) is 30.3 Å². The summed E-state index contributed by atoms with van der Waals surface area (Å²) in [5, 5.41) is 9.21. The second-order valence-electron chi connectivity index (χ2n) is 5.15. The van der Waals surface area contributed by atoms with Crippen LogP contribution in [-0.2, 0) is 25.3 Å². The fourth-order valence-electron chi connectivity index (χ4n) is 2.10. The number of ether oxygens (including phenoxy) is 1. The maximum absolute atomic E-state index is 12.1. The first-order chi connectivity index (χ1) is 9.33. The van der Waals surface area contributed by atoms with Crippen molar-refractivity contribution in [2.75, 3.05) is 13.2 Å². The van der Waals surface area contributed by atoms with Crippen LogP contribution in [0.5, 0.6) is 0 Å². The Morgan fingerprint density at radius 3 is 2.70 bits per heavy atom. The minimum atomic E-state index is -3.62. The van der Waals surface area contributed by atoms with E-state index >= 15 is 0 Å². The zero-order valence-corrected chi connectivity index (χ0v) is 11.9. The molecule has 0 bridgehead atoms. The second-order valence-corrected chi connectivity index (χ2v) is 6.91. The average Bonchev–Trinajstić information content (AvgIpc) is 2.72. The highest BCUT2D eigenvalue weighted by molar-refractivity contribution is 7.88. The van der Waals surface area contributed by atoms with Crippen molar-refractivity contribution in [3.05, 3.63) is 35.9 Å². The summed E-state index contributed by atoms with van der Waals surface area (Å²) in [6.07, 6.45) is 0. The van der Waals surface area contributed by atoms with Crippen LogP contribution in [0.4, 0.5) is 0 Å². The Labute approximate surface area is 117 Å². The number of carbonyl (C=O) groups is 1. The van der Waals surface area contributed by atoms with E-state index in [4.69, 9.17) is 4.74 Å². The van der Waals surface area contributed by atoms with Gasteiger partial charge in [-0.15, -0.1) is 0 Å². The van der Waals surface area contributed by atoms with Crippen molar-refractivity contribution in [1.82, 2.24) is 4.72 Å². The third-order valence-electron chi connectivity index (χ3n) is 3.47. The molecule has 0 spiro atoms. The summed E-state index contributed by atoms with van der Waals surface area (Å²) in [6.45, 7) is 1.55. The second kappa shape index (κ2) is 5.51. The number of hydrogen-bond donors (Lipinski definition) is 2. The highest BCUT2D eigenvalue weighted by Gasteiger charge is 2.48. The lowest BCUT2D eigenvalue weighted by atomic mass is 9.86. The Kier molecular flexibility index (Phi) is 4.12. The van der Waals surface area contributed by atoms with Gasteiger partial charge in [-0.2, -0.15) is 0 Å². The van der Waals surface area contributed by atoms with Crippen molar-refractivity contribution < 1.29 is 23.1 Å². The van der Waals surface area contributed by atoms with Gasteiger partial charge < -0.3 is 9.84 Å². The summed E-state index contributed by atoms with van der Waals surface area (Å²) in [5.74, 6) is -1.25. The van der Waals surface area contributed by atoms with Crippen molar-refractivity contribution >= 4 is 16.0 Å². The van der Waals surface area contributed by atoms with Crippen molar-refractivity contribution in [3.63, 3.8) is 0 Å². The SMILES string of the molecule is CC1(C(=O)O)COCC1NS(=O)(=O)Cc1ccccc1. The molecule has 1 aliphatic heterocycles. The molecule has 20 heavy (non-hydrogen) atoms. The van der Waals surface area contributed by atoms with Crippen molar-refractivity contribution in [1.29, 1.82) is 0 Å². The van der Waals surface area contributed by atoms with Crippen LogP contribution < -0.4 is 4.72 Å². The van der Waals surface area contributed by atoms with Crippen LogP contribution >= 0.6 is 0 Å². The first kappa shape index (κ1) is 15.0. The minimum absolute atomic E-state index is 0.000850. The van der Waals surface area contributed by atoms with Gasteiger partial charge in [0.25, 0.3) is 0 Å². The van der Waals surface area contributed by atoms with Crippen LogP contribution in [0.25, 0.3) is 0 Å².